The molecule has 0 bridgehead atoms. The second-order valence-electron chi connectivity index (χ2n) is 9.32. The van der Waals surface area contributed by atoms with E-state index in [1.807, 2.05) is 21.9 Å². The summed E-state index contributed by atoms with van der Waals surface area (Å²) >= 11 is 0. The zero-order valence-electron chi connectivity index (χ0n) is 17.9. The number of hydrogen-bond acceptors (Lipinski definition) is 2. The largest absolute Gasteiger partial charge is 0.328 e. The molecule has 2 aliphatic carbocycles. The van der Waals surface area contributed by atoms with Crippen LogP contribution in [0.1, 0.15) is 94.2 Å². The summed E-state index contributed by atoms with van der Waals surface area (Å²) in [5.41, 5.74) is 2.13. The molecule has 4 nitrogen and oxygen atoms in total. The fourth-order valence-corrected chi connectivity index (χ4v) is 5.73. The lowest BCUT2D eigenvalue weighted by Crippen LogP contribution is -2.61. The van der Waals surface area contributed by atoms with Gasteiger partial charge in [-0.05, 0) is 43.7 Å². The van der Waals surface area contributed by atoms with Gasteiger partial charge >= 0.3 is 0 Å². The quantitative estimate of drug-likeness (QED) is 0.709. The standard InChI is InChI=1S/C25H36N2O2/c1-19-12-10-11-17-22(19)24-25(29)26(20-13-8-5-9-14-20)18-23(28)27(24)21-15-6-3-2-4-7-16-21/h10-12,17,20-21,24H,2-9,13-16,18H2,1H3/t24-/m1/s1. The van der Waals surface area contributed by atoms with Gasteiger partial charge in [0.1, 0.15) is 12.6 Å². The van der Waals surface area contributed by atoms with E-state index in [-0.39, 0.29) is 30.4 Å². The molecule has 29 heavy (non-hydrogen) atoms. The number of hydrogen-bond donors (Lipinski definition) is 0. The average Bonchev–Trinajstić information content (AvgIpc) is 2.71. The molecular weight excluding hydrogens is 360 g/mol. The number of rotatable bonds is 3. The van der Waals surface area contributed by atoms with Crippen LogP contribution in [0.25, 0.3) is 0 Å². The van der Waals surface area contributed by atoms with Crippen molar-refractivity contribution in [3.05, 3.63) is 35.4 Å². The maximum absolute atomic E-state index is 13.9. The summed E-state index contributed by atoms with van der Waals surface area (Å²) in [6, 6.07) is 8.16. The first-order chi connectivity index (χ1) is 14.2. The molecule has 4 heteroatoms. The van der Waals surface area contributed by atoms with Crippen LogP contribution >= 0.6 is 0 Å². The van der Waals surface area contributed by atoms with E-state index in [0.29, 0.717) is 0 Å². The monoisotopic (exact) mass is 396 g/mol. The summed E-state index contributed by atoms with van der Waals surface area (Å²) in [6.07, 6.45) is 13.9. The van der Waals surface area contributed by atoms with E-state index in [0.717, 1.165) is 49.7 Å². The lowest BCUT2D eigenvalue weighted by molar-refractivity contribution is -0.162. The van der Waals surface area contributed by atoms with E-state index in [9.17, 15) is 9.59 Å². The molecule has 1 aromatic carbocycles. The molecule has 4 rings (SSSR count). The van der Waals surface area contributed by atoms with Gasteiger partial charge in [-0.1, -0.05) is 75.6 Å². The van der Waals surface area contributed by atoms with Crippen molar-refractivity contribution < 1.29 is 9.59 Å². The first-order valence-electron chi connectivity index (χ1n) is 11.8. The van der Waals surface area contributed by atoms with Crippen molar-refractivity contribution in [2.75, 3.05) is 6.54 Å². The maximum Gasteiger partial charge on any atom is 0.250 e. The lowest BCUT2D eigenvalue weighted by Gasteiger charge is -2.48. The number of aryl methyl sites for hydroxylation is 1. The fourth-order valence-electron chi connectivity index (χ4n) is 5.73. The fraction of sp³-hybridized carbons (Fsp3) is 0.680. The molecule has 158 valence electrons. The molecule has 2 amide bonds. The Balaban J connectivity index is 1.68. The third-order valence-electron chi connectivity index (χ3n) is 7.36. The van der Waals surface area contributed by atoms with Crippen molar-refractivity contribution in [3.63, 3.8) is 0 Å². The van der Waals surface area contributed by atoms with Gasteiger partial charge in [-0.3, -0.25) is 9.59 Å². The number of nitrogens with zero attached hydrogens (tertiary/aromatic N) is 2. The van der Waals surface area contributed by atoms with E-state index in [1.54, 1.807) is 0 Å². The number of amides is 2. The summed E-state index contributed by atoms with van der Waals surface area (Å²) in [4.78, 5) is 31.3. The Bertz CT molecular complexity index is 717. The Morgan fingerprint density at radius 1 is 0.759 bits per heavy atom. The van der Waals surface area contributed by atoms with Crippen LogP contribution in [0, 0.1) is 6.92 Å². The van der Waals surface area contributed by atoms with E-state index in [4.69, 9.17) is 0 Å². The molecule has 2 saturated carbocycles. The summed E-state index contributed by atoms with van der Waals surface area (Å²) in [5, 5.41) is 0. The third-order valence-corrected chi connectivity index (χ3v) is 7.36. The van der Waals surface area contributed by atoms with Crippen LogP contribution in [0.4, 0.5) is 0 Å². The summed E-state index contributed by atoms with van der Waals surface area (Å²) in [5.74, 6) is 0.321. The van der Waals surface area contributed by atoms with Crippen molar-refractivity contribution in [2.45, 2.75) is 102 Å². The van der Waals surface area contributed by atoms with Crippen LogP contribution in [-0.4, -0.2) is 40.2 Å². The highest BCUT2D eigenvalue weighted by molar-refractivity contribution is 5.96. The SMILES string of the molecule is Cc1ccccc1[C@@H]1C(=O)N(C2CCCCC2)CC(=O)N1C1CCCCCCC1. The van der Waals surface area contributed by atoms with Gasteiger partial charge in [-0.25, -0.2) is 0 Å². The predicted octanol–water partition coefficient (Wildman–Crippen LogP) is 5.15. The minimum atomic E-state index is -0.441. The summed E-state index contributed by atoms with van der Waals surface area (Å²) in [7, 11) is 0. The number of carbonyl (C=O) groups is 2. The number of benzene rings is 1. The smallest absolute Gasteiger partial charge is 0.250 e. The van der Waals surface area contributed by atoms with E-state index in [2.05, 4.69) is 19.1 Å². The van der Waals surface area contributed by atoms with Crippen molar-refractivity contribution in [1.29, 1.82) is 0 Å². The van der Waals surface area contributed by atoms with Crippen LogP contribution in [0.3, 0.4) is 0 Å². The summed E-state index contributed by atoms with van der Waals surface area (Å²) in [6.45, 7) is 2.35. The van der Waals surface area contributed by atoms with Gasteiger partial charge < -0.3 is 9.80 Å². The molecule has 0 unspecified atom stereocenters. The molecule has 0 spiro atoms. The minimum Gasteiger partial charge on any atom is -0.328 e. The van der Waals surface area contributed by atoms with Gasteiger partial charge in [0.2, 0.25) is 5.91 Å². The van der Waals surface area contributed by atoms with Crippen molar-refractivity contribution >= 4 is 11.8 Å². The van der Waals surface area contributed by atoms with Gasteiger partial charge in [-0.2, -0.15) is 0 Å². The van der Waals surface area contributed by atoms with Crippen LogP contribution in [-0.2, 0) is 9.59 Å². The topological polar surface area (TPSA) is 40.6 Å². The molecule has 0 radical (unpaired) electrons. The van der Waals surface area contributed by atoms with Crippen molar-refractivity contribution in [3.8, 4) is 0 Å². The Kier molecular flexibility index (Phi) is 6.56. The zero-order valence-corrected chi connectivity index (χ0v) is 17.9. The van der Waals surface area contributed by atoms with Gasteiger partial charge in [0, 0.05) is 12.1 Å². The van der Waals surface area contributed by atoms with Gasteiger partial charge in [-0.15, -0.1) is 0 Å². The van der Waals surface area contributed by atoms with Crippen molar-refractivity contribution in [2.24, 2.45) is 0 Å². The van der Waals surface area contributed by atoms with E-state index < -0.39 is 6.04 Å². The molecule has 3 aliphatic rings. The molecular formula is C25H36N2O2. The third kappa shape index (κ3) is 4.36. The molecule has 0 N–H and O–H groups in total. The zero-order chi connectivity index (χ0) is 20.2. The molecule has 0 aromatic heterocycles. The molecule has 1 aromatic rings. The Labute approximate surface area is 175 Å². The second-order valence-corrected chi connectivity index (χ2v) is 9.32. The van der Waals surface area contributed by atoms with Crippen LogP contribution in [0.15, 0.2) is 24.3 Å². The molecule has 1 aliphatic heterocycles. The summed E-state index contributed by atoms with van der Waals surface area (Å²) < 4.78 is 0. The number of carbonyl (C=O) groups excluding carboxylic acids is 2. The van der Waals surface area contributed by atoms with E-state index >= 15 is 0 Å². The molecule has 1 heterocycles. The van der Waals surface area contributed by atoms with Crippen LogP contribution in [0.5, 0.6) is 0 Å². The normalized spacial score (nSPS) is 25.8. The van der Waals surface area contributed by atoms with Gasteiger partial charge in [0.15, 0.2) is 0 Å². The predicted molar refractivity (Wildman–Crippen MR) is 115 cm³/mol. The number of piperazine rings is 1. The molecule has 1 atom stereocenters. The van der Waals surface area contributed by atoms with Gasteiger partial charge in [0.05, 0.1) is 0 Å². The highest BCUT2D eigenvalue weighted by Gasteiger charge is 2.45. The second kappa shape index (κ2) is 9.32. The molecule has 1 saturated heterocycles. The Morgan fingerprint density at radius 3 is 1.97 bits per heavy atom. The van der Waals surface area contributed by atoms with Crippen LogP contribution in [0.2, 0.25) is 0 Å². The lowest BCUT2D eigenvalue weighted by atomic mass is 9.88. The van der Waals surface area contributed by atoms with E-state index in [1.165, 1.54) is 38.5 Å². The highest BCUT2D eigenvalue weighted by atomic mass is 16.2. The maximum atomic E-state index is 13.9. The Morgan fingerprint density at radius 2 is 1.31 bits per heavy atom. The first-order valence-corrected chi connectivity index (χ1v) is 11.8. The Hall–Kier alpha value is -1.84. The highest BCUT2D eigenvalue weighted by Crippen LogP contribution is 2.37. The van der Waals surface area contributed by atoms with Crippen molar-refractivity contribution in [1.82, 2.24) is 9.80 Å². The average molecular weight is 397 g/mol. The van der Waals surface area contributed by atoms with Gasteiger partial charge in [0.25, 0.3) is 5.91 Å². The van der Waals surface area contributed by atoms with Crippen LogP contribution < -0.4 is 0 Å². The molecule has 3 fully saturated rings. The minimum absolute atomic E-state index is 0.160. The first kappa shape index (κ1) is 20.4.